The van der Waals surface area contributed by atoms with Gasteiger partial charge in [0.15, 0.2) is 0 Å². The molecule has 1 saturated carbocycles. The van der Waals surface area contributed by atoms with Crippen molar-refractivity contribution in [1.82, 2.24) is 0 Å². The Bertz CT molecular complexity index is 82.6. The Hall–Kier alpha value is 0.818. The molecule has 1 fully saturated rings. The van der Waals surface area contributed by atoms with E-state index in [0.717, 1.165) is 3.36 Å². The summed E-state index contributed by atoms with van der Waals surface area (Å²) in [5, 5.41) is 0. The van der Waals surface area contributed by atoms with Crippen molar-refractivity contribution < 1.29 is 0 Å². The van der Waals surface area contributed by atoms with Gasteiger partial charge in [-0.3, -0.25) is 0 Å². The molecular weight excluding hydrogens is 218 g/mol. The Kier molecular flexibility index (Phi) is 2.89. The van der Waals surface area contributed by atoms with Gasteiger partial charge in [0.1, 0.15) is 0 Å². The zero-order chi connectivity index (χ0) is 6.74. The van der Waals surface area contributed by atoms with E-state index in [2.05, 4.69) is 29.9 Å². The third-order valence-corrected chi connectivity index (χ3v) is 4.62. The predicted molar refractivity (Wildman–Crippen MR) is 41.8 cm³/mol. The van der Waals surface area contributed by atoms with E-state index in [1.165, 1.54) is 38.5 Å². The third-order valence-electron chi connectivity index (χ3n) is 2.44. The zero-order valence-electron chi connectivity index (χ0n) is 6.19. The van der Waals surface area contributed by atoms with E-state index in [1.807, 2.05) is 0 Å². The van der Waals surface area contributed by atoms with Gasteiger partial charge in [0.25, 0.3) is 0 Å². The van der Waals surface area contributed by atoms with Crippen LogP contribution in [0.15, 0.2) is 0 Å². The molecule has 52 valence electrons. The Labute approximate surface area is 71.9 Å². The molecular formula is C8H15Sb. The third kappa shape index (κ3) is 2.15. The van der Waals surface area contributed by atoms with Crippen molar-refractivity contribution in [2.75, 3.05) is 0 Å². The van der Waals surface area contributed by atoms with Crippen LogP contribution < -0.4 is 0 Å². The molecule has 2 radical (unpaired) electrons. The minimum absolute atomic E-state index is 0.770. The Morgan fingerprint density at radius 3 is 2.11 bits per heavy atom. The van der Waals surface area contributed by atoms with Crippen molar-refractivity contribution in [3.8, 4) is 0 Å². The predicted octanol–water partition coefficient (Wildman–Crippen LogP) is 2.69. The Morgan fingerprint density at radius 1 is 1.22 bits per heavy atom. The molecule has 0 aromatic carbocycles. The van der Waals surface area contributed by atoms with Crippen molar-refractivity contribution in [3.05, 3.63) is 0 Å². The molecule has 0 aromatic rings. The van der Waals surface area contributed by atoms with Crippen LogP contribution in [0, 0.1) is 0 Å². The number of hydrogen-bond donors (Lipinski definition) is 0. The summed E-state index contributed by atoms with van der Waals surface area (Å²) < 4.78 is 0.770. The molecule has 0 aliphatic heterocycles. The van der Waals surface area contributed by atoms with Crippen molar-refractivity contribution >= 4 is 23.0 Å². The van der Waals surface area contributed by atoms with E-state index in [1.54, 1.807) is 0 Å². The molecule has 1 heteroatoms. The molecule has 0 heterocycles. The molecule has 0 saturated heterocycles. The van der Waals surface area contributed by atoms with Gasteiger partial charge in [0.05, 0.1) is 0 Å². The monoisotopic (exact) mass is 232 g/mol. The Balaban J connectivity index is 2.37. The van der Waals surface area contributed by atoms with Crippen molar-refractivity contribution in [3.63, 3.8) is 0 Å². The van der Waals surface area contributed by atoms with Gasteiger partial charge in [-0.1, -0.05) is 0 Å². The summed E-state index contributed by atoms with van der Waals surface area (Å²) in [5.41, 5.74) is 0. The van der Waals surface area contributed by atoms with Gasteiger partial charge in [0, 0.05) is 0 Å². The molecule has 1 rings (SSSR count). The fraction of sp³-hybridized carbons (Fsp3) is 1.00. The molecule has 0 N–H and O–H groups in total. The first-order valence-corrected chi connectivity index (χ1v) is 5.27. The quantitative estimate of drug-likeness (QED) is 0.610. The Morgan fingerprint density at radius 2 is 1.78 bits per heavy atom. The molecule has 9 heavy (non-hydrogen) atoms. The van der Waals surface area contributed by atoms with Crippen LogP contribution in [0.1, 0.15) is 45.4 Å². The summed E-state index contributed by atoms with van der Waals surface area (Å²) in [6.07, 6.45) is 8.87. The maximum absolute atomic E-state index is 2.34. The minimum atomic E-state index is 0.770. The van der Waals surface area contributed by atoms with E-state index >= 15 is 0 Å². The van der Waals surface area contributed by atoms with Crippen molar-refractivity contribution in [2.24, 2.45) is 0 Å². The van der Waals surface area contributed by atoms with Crippen LogP contribution in [0.4, 0.5) is 0 Å². The first kappa shape index (κ1) is 7.92. The van der Waals surface area contributed by atoms with Gasteiger partial charge in [-0.15, -0.1) is 0 Å². The van der Waals surface area contributed by atoms with Crippen molar-refractivity contribution in [2.45, 2.75) is 48.8 Å². The summed E-state index contributed by atoms with van der Waals surface area (Å²) >= 11 is 2.07. The van der Waals surface area contributed by atoms with Gasteiger partial charge >= 0.3 is 71.8 Å². The van der Waals surface area contributed by atoms with Gasteiger partial charge in [-0.2, -0.15) is 0 Å². The van der Waals surface area contributed by atoms with Crippen LogP contribution in [0.25, 0.3) is 0 Å². The summed E-state index contributed by atoms with van der Waals surface area (Å²) in [6, 6.07) is 0. The average molecular weight is 233 g/mol. The average Bonchev–Trinajstić information content (AvgIpc) is 1.90. The topological polar surface area (TPSA) is 0 Å². The molecule has 0 atom stereocenters. The second kappa shape index (κ2) is 3.28. The van der Waals surface area contributed by atoms with Gasteiger partial charge in [-0.05, 0) is 0 Å². The molecule has 0 unspecified atom stereocenters. The first-order chi connectivity index (χ1) is 4.27. The van der Waals surface area contributed by atoms with Gasteiger partial charge in [-0.25, -0.2) is 0 Å². The number of hydrogen-bond acceptors (Lipinski definition) is 0. The normalized spacial score (nSPS) is 26.0. The van der Waals surface area contributed by atoms with Crippen LogP contribution in [0.5, 0.6) is 0 Å². The standard InChI is InChI=1S/C8H15.Sb/c1-2-8-6-4-3-5-7-8;/h2-7H2,1H3;. The van der Waals surface area contributed by atoms with E-state index in [4.69, 9.17) is 0 Å². The van der Waals surface area contributed by atoms with Crippen LogP contribution in [-0.2, 0) is 0 Å². The van der Waals surface area contributed by atoms with E-state index in [9.17, 15) is 0 Å². The summed E-state index contributed by atoms with van der Waals surface area (Å²) in [4.78, 5) is 0. The summed E-state index contributed by atoms with van der Waals surface area (Å²) in [5.74, 6) is 0. The van der Waals surface area contributed by atoms with E-state index in [-0.39, 0.29) is 0 Å². The second-order valence-electron chi connectivity index (χ2n) is 3.14. The van der Waals surface area contributed by atoms with Gasteiger partial charge < -0.3 is 0 Å². The molecule has 0 amide bonds. The van der Waals surface area contributed by atoms with Crippen LogP contribution in [0.3, 0.4) is 0 Å². The molecule has 0 spiro atoms. The van der Waals surface area contributed by atoms with Gasteiger partial charge in [0.2, 0.25) is 0 Å². The van der Waals surface area contributed by atoms with E-state index in [0.29, 0.717) is 0 Å². The van der Waals surface area contributed by atoms with Crippen LogP contribution in [-0.4, -0.2) is 23.0 Å². The fourth-order valence-corrected chi connectivity index (χ4v) is 2.47. The molecule has 0 nitrogen and oxygen atoms in total. The molecule has 1 aliphatic carbocycles. The fourth-order valence-electron chi connectivity index (χ4n) is 1.56. The number of rotatable bonds is 1. The SMILES string of the molecule is CC[C]1([Sb])CCCCC1. The maximum atomic E-state index is 2.34. The summed E-state index contributed by atoms with van der Waals surface area (Å²) in [7, 11) is 0. The molecule has 0 aromatic heterocycles. The zero-order valence-corrected chi connectivity index (χ0v) is 8.74. The molecule has 1 aliphatic rings. The second-order valence-corrected chi connectivity index (χ2v) is 5.85. The molecule has 0 bridgehead atoms. The van der Waals surface area contributed by atoms with Crippen LogP contribution in [0.2, 0.25) is 3.36 Å². The van der Waals surface area contributed by atoms with Crippen LogP contribution >= 0.6 is 0 Å². The van der Waals surface area contributed by atoms with Crippen molar-refractivity contribution in [1.29, 1.82) is 0 Å². The summed E-state index contributed by atoms with van der Waals surface area (Å²) in [6.45, 7) is 2.34. The first-order valence-electron chi connectivity index (χ1n) is 3.99. The van der Waals surface area contributed by atoms with E-state index < -0.39 is 0 Å².